The average Bonchev–Trinajstić information content (AvgIpc) is 2.35. The second kappa shape index (κ2) is 6.99. The quantitative estimate of drug-likeness (QED) is 0.330. The topological polar surface area (TPSA) is 80.7 Å². The molecule has 100 valence electrons. The summed E-state index contributed by atoms with van der Waals surface area (Å²) in [7, 11) is 12.2. The van der Waals surface area contributed by atoms with Crippen LogP contribution < -0.4 is 4.74 Å². The van der Waals surface area contributed by atoms with Crippen molar-refractivity contribution in [2.45, 2.75) is 19.0 Å². The first-order chi connectivity index (χ1) is 9.30. The molecule has 0 bridgehead atoms. The van der Waals surface area contributed by atoms with Crippen LogP contribution in [0.5, 0.6) is 5.75 Å². The molecule has 0 saturated carbocycles. The Morgan fingerprint density at radius 1 is 1.15 bits per heavy atom. The highest BCUT2D eigenvalue weighted by Crippen LogP contribution is 2.25. The highest BCUT2D eigenvalue weighted by molar-refractivity contribution is 7.86. The Labute approximate surface area is 122 Å². The van der Waals surface area contributed by atoms with E-state index in [9.17, 15) is 13.2 Å². The van der Waals surface area contributed by atoms with Gasteiger partial charge in [0.05, 0.1) is 23.5 Å². The third-order valence-electron chi connectivity index (χ3n) is 2.54. The van der Waals surface area contributed by atoms with Crippen LogP contribution in [0.15, 0.2) is 12.1 Å². The minimum absolute atomic E-state index is 0.0614. The van der Waals surface area contributed by atoms with E-state index in [1.807, 2.05) is 0 Å². The van der Waals surface area contributed by atoms with Gasteiger partial charge in [-0.25, -0.2) is 0 Å². The van der Waals surface area contributed by atoms with Gasteiger partial charge < -0.3 is 4.74 Å². The SMILES string of the molecule is [B]Cc1cc(C[B])c(C[B])c(OC(=O)CS(=O)(=O)O)c1. The molecule has 0 atom stereocenters. The van der Waals surface area contributed by atoms with Crippen molar-refractivity contribution in [1.29, 1.82) is 0 Å². The van der Waals surface area contributed by atoms with Crippen molar-refractivity contribution in [3.63, 3.8) is 0 Å². The van der Waals surface area contributed by atoms with Crippen LogP contribution in [0.25, 0.3) is 0 Å². The van der Waals surface area contributed by atoms with E-state index in [1.54, 1.807) is 6.07 Å². The summed E-state index contributed by atoms with van der Waals surface area (Å²) in [6, 6.07) is 3.23. The fraction of sp³-hybridized carbons (Fsp3) is 0.364. The number of hydrogen-bond donors (Lipinski definition) is 1. The van der Waals surface area contributed by atoms with Crippen molar-refractivity contribution in [3.05, 3.63) is 28.8 Å². The molecule has 0 aliphatic carbocycles. The fourth-order valence-electron chi connectivity index (χ4n) is 1.69. The first kappa shape index (κ1) is 16.8. The van der Waals surface area contributed by atoms with Gasteiger partial charge in [0.1, 0.15) is 5.75 Å². The lowest BCUT2D eigenvalue weighted by atomic mass is 9.83. The predicted molar refractivity (Wildman–Crippen MR) is 76.9 cm³/mol. The van der Waals surface area contributed by atoms with Crippen LogP contribution in [0, 0.1) is 0 Å². The van der Waals surface area contributed by atoms with Crippen LogP contribution in [0.2, 0.25) is 0 Å². The maximum atomic E-state index is 11.4. The Morgan fingerprint density at radius 2 is 1.80 bits per heavy atom. The molecule has 1 aromatic carbocycles. The molecule has 0 aliphatic rings. The largest absolute Gasteiger partial charge is 0.425 e. The van der Waals surface area contributed by atoms with Gasteiger partial charge in [0.15, 0.2) is 5.75 Å². The van der Waals surface area contributed by atoms with Crippen LogP contribution >= 0.6 is 0 Å². The Morgan fingerprint density at radius 3 is 2.25 bits per heavy atom. The highest BCUT2D eigenvalue weighted by Gasteiger charge is 2.17. The second-order valence-corrected chi connectivity index (χ2v) is 5.50. The van der Waals surface area contributed by atoms with Crippen molar-refractivity contribution in [2.24, 2.45) is 0 Å². The summed E-state index contributed by atoms with van der Waals surface area (Å²) in [6.07, 6.45) is 0.426. The third kappa shape index (κ3) is 4.72. The molecule has 5 nitrogen and oxygen atoms in total. The summed E-state index contributed by atoms with van der Waals surface area (Å²) < 4.78 is 34.8. The van der Waals surface area contributed by atoms with Crippen LogP contribution in [0.4, 0.5) is 0 Å². The van der Waals surface area contributed by atoms with Gasteiger partial charge in [-0.1, -0.05) is 36.2 Å². The van der Waals surface area contributed by atoms with Gasteiger partial charge in [-0.15, -0.1) is 0 Å². The van der Waals surface area contributed by atoms with Gasteiger partial charge in [0.25, 0.3) is 10.1 Å². The molecule has 9 heteroatoms. The molecule has 1 aromatic rings. The van der Waals surface area contributed by atoms with Crippen molar-refractivity contribution in [3.8, 4) is 5.75 Å². The van der Waals surface area contributed by atoms with E-state index in [0.29, 0.717) is 16.7 Å². The maximum absolute atomic E-state index is 11.4. The molecule has 0 fully saturated rings. The molecule has 0 aliphatic heterocycles. The summed E-state index contributed by atoms with van der Waals surface area (Å²) in [5.74, 6) is -2.15. The molecular formula is C11H11B3O5S. The van der Waals surface area contributed by atoms with Gasteiger partial charge in [0.2, 0.25) is 0 Å². The van der Waals surface area contributed by atoms with E-state index < -0.39 is 21.8 Å². The summed E-state index contributed by atoms with van der Waals surface area (Å²) in [4.78, 5) is 11.4. The Bertz CT molecular complexity index is 600. The van der Waals surface area contributed by atoms with Crippen molar-refractivity contribution < 1.29 is 22.5 Å². The van der Waals surface area contributed by atoms with Gasteiger partial charge in [-0.05, 0) is 11.6 Å². The monoisotopic (exact) mass is 288 g/mol. The summed E-state index contributed by atoms with van der Waals surface area (Å²) in [5, 5.41) is 0. The van der Waals surface area contributed by atoms with E-state index in [1.165, 1.54) is 6.07 Å². The number of carbonyl (C=O) groups is 1. The molecule has 6 radical (unpaired) electrons. The van der Waals surface area contributed by atoms with Crippen LogP contribution in [-0.2, 0) is 33.9 Å². The first-order valence-corrected chi connectivity index (χ1v) is 7.32. The van der Waals surface area contributed by atoms with Crippen LogP contribution in [0.3, 0.4) is 0 Å². The first-order valence-electron chi connectivity index (χ1n) is 5.71. The summed E-state index contributed by atoms with van der Waals surface area (Å²) in [6.45, 7) is 0. The zero-order valence-electron chi connectivity index (χ0n) is 10.7. The number of rotatable bonds is 6. The molecule has 0 heterocycles. The molecule has 0 spiro atoms. The Balaban J connectivity index is 3.12. The Hall–Kier alpha value is -1.21. The normalized spacial score (nSPS) is 11.2. The molecular weight excluding hydrogens is 277 g/mol. The minimum atomic E-state index is -4.45. The van der Waals surface area contributed by atoms with E-state index in [0.717, 1.165) is 0 Å². The molecule has 1 rings (SSSR count). The Kier molecular flexibility index (Phi) is 5.89. The molecule has 1 N–H and O–H groups in total. The smallest absolute Gasteiger partial charge is 0.329 e. The number of carbonyl (C=O) groups excluding carboxylic acids is 1. The molecule has 0 unspecified atom stereocenters. The van der Waals surface area contributed by atoms with Gasteiger partial charge >= 0.3 is 5.97 Å². The van der Waals surface area contributed by atoms with Crippen molar-refractivity contribution in [2.75, 3.05) is 5.75 Å². The van der Waals surface area contributed by atoms with Gasteiger partial charge in [0, 0.05) is 0 Å². The summed E-state index contributed by atoms with van der Waals surface area (Å²) >= 11 is 0. The van der Waals surface area contributed by atoms with Gasteiger partial charge in [-0.2, -0.15) is 8.42 Å². The molecule has 0 aromatic heterocycles. The van der Waals surface area contributed by atoms with E-state index in [4.69, 9.17) is 32.8 Å². The lowest BCUT2D eigenvalue weighted by Crippen LogP contribution is -2.21. The lowest BCUT2D eigenvalue weighted by molar-refractivity contribution is -0.131. The highest BCUT2D eigenvalue weighted by atomic mass is 32.2. The molecule has 0 amide bonds. The summed E-state index contributed by atoms with van der Waals surface area (Å²) in [5.41, 5.74) is 1.82. The third-order valence-corrected chi connectivity index (χ3v) is 3.15. The molecule has 20 heavy (non-hydrogen) atoms. The second-order valence-electron chi connectivity index (χ2n) is 4.04. The average molecular weight is 288 g/mol. The van der Waals surface area contributed by atoms with Crippen LogP contribution in [0.1, 0.15) is 16.7 Å². The van der Waals surface area contributed by atoms with Crippen LogP contribution in [-0.4, -0.2) is 48.2 Å². The van der Waals surface area contributed by atoms with E-state index >= 15 is 0 Å². The number of ether oxygens (including phenoxy) is 1. The number of benzene rings is 1. The zero-order valence-corrected chi connectivity index (χ0v) is 11.5. The zero-order chi connectivity index (χ0) is 15.3. The van der Waals surface area contributed by atoms with E-state index in [2.05, 4.69) is 0 Å². The van der Waals surface area contributed by atoms with E-state index in [-0.39, 0.29) is 24.7 Å². The van der Waals surface area contributed by atoms with Gasteiger partial charge in [-0.3, -0.25) is 9.35 Å². The van der Waals surface area contributed by atoms with Crippen molar-refractivity contribution in [1.82, 2.24) is 0 Å². The standard InChI is InChI=1S/C11H11B3O5S/c12-3-7-1-8(4-13)9(5-14)10(2-7)19-11(15)6-20(16,17)18/h1-2H,3-6H2,(H,16,17,18). The lowest BCUT2D eigenvalue weighted by Gasteiger charge is -2.15. The minimum Gasteiger partial charge on any atom is -0.425 e. The number of esters is 1. The maximum Gasteiger partial charge on any atom is 0.329 e. The number of hydrogen-bond acceptors (Lipinski definition) is 4. The predicted octanol–water partition coefficient (Wildman–Crippen LogP) is -0.515. The fourth-order valence-corrected chi connectivity index (χ4v) is 2.05. The van der Waals surface area contributed by atoms with Crippen molar-refractivity contribution >= 4 is 39.6 Å². The molecule has 0 saturated heterocycles.